The zero-order chi connectivity index (χ0) is 7.19. The standard InChI is InChI=1S/C9H17N/c1-9-5-2-3-7(4-6-9)8(9)10/h7-8H,2-6,10H2,1H3/t7-,8-,9+/m0/s1. The Morgan fingerprint density at radius 1 is 1.30 bits per heavy atom. The van der Waals surface area contributed by atoms with Crippen molar-refractivity contribution in [2.75, 3.05) is 0 Å². The Kier molecular flexibility index (Phi) is 1.31. The summed E-state index contributed by atoms with van der Waals surface area (Å²) in [5.41, 5.74) is 6.65. The number of rotatable bonds is 0. The van der Waals surface area contributed by atoms with Gasteiger partial charge in [0, 0.05) is 6.04 Å². The van der Waals surface area contributed by atoms with E-state index in [1.807, 2.05) is 0 Å². The highest BCUT2D eigenvalue weighted by molar-refractivity contribution is 4.99. The summed E-state index contributed by atoms with van der Waals surface area (Å²) >= 11 is 0. The molecule has 2 N–H and O–H groups in total. The summed E-state index contributed by atoms with van der Waals surface area (Å²) in [6.07, 6.45) is 6.99. The molecule has 0 spiro atoms. The van der Waals surface area contributed by atoms with Crippen LogP contribution in [0, 0.1) is 11.3 Å². The van der Waals surface area contributed by atoms with Crippen LogP contribution in [0.1, 0.15) is 39.0 Å². The van der Waals surface area contributed by atoms with E-state index >= 15 is 0 Å². The molecule has 0 heterocycles. The molecule has 58 valence electrons. The lowest BCUT2D eigenvalue weighted by Gasteiger charge is -2.35. The molecule has 0 radical (unpaired) electrons. The van der Waals surface area contributed by atoms with Crippen molar-refractivity contribution in [1.29, 1.82) is 0 Å². The number of hydrogen-bond donors (Lipinski definition) is 1. The van der Waals surface area contributed by atoms with Gasteiger partial charge in [0.15, 0.2) is 0 Å². The van der Waals surface area contributed by atoms with Gasteiger partial charge in [-0.15, -0.1) is 0 Å². The highest BCUT2D eigenvalue weighted by atomic mass is 14.7. The fourth-order valence-electron chi connectivity index (χ4n) is 2.81. The van der Waals surface area contributed by atoms with E-state index in [2.05, 4.69) is 6.92 Å². The molecule has 2 saturated carbocycles. The maximum absolute atomic E-state index is 6.12. The second-order valence-corrected chi connectivity index (χ2v) is 4.37. The largest absolute Gasteiger partial charge is 0.327 e. The van der Waals surface area contributed by atoms with Gasteiger partial charge in [0.2, 0.25) is 0 Å². The fourth-order valence-corrected chi connectivity index (χ4v) is 2.81. The molecule has 0 aromatic heterocycles. The Morgan fingerprint density at radius 2 is 2.10 bits per heavy atom. The van der Waals surface area contributed by atoms with Gasteiger partial charge in [0.25, 0.3) is 0 Å². The minimum atomic E-state index is 0.529. The molecule has 2 bridgehead atoms. The molecule has 0 aromatic carbocycles. The van der Waals surface area contributed by atoms with Crippen LogP contribution in [0.4, 0.5) is 0 Å². The summed E-state index contributed by atoms with van der Waals surface area (Å²) in [7, 11) is 0. The monoisotopic (exact) mass is 139 g/mol. The van der Waals surface area contributed by atoms with Crippen LogP contribution in [0.15, 0.2) is 0 Å². The van der Waals surface area contributed by atoms with Crippen molar-refractivity contribution in [2.45, 2.75) is 45.1 Å². The van der Waals surface area contributed by atoms with E-state index in [1.165, 1.54) is 32.1 Å². The van der Waals surface area contributed by atoms with E-state index in [9.17, 15) is 0 Å². The molecule has 0 amide bonds. The predicted octanol–water partition coefficient (Wildman–Crippen LogP) is 1.91. The quantitative estimate of drug-likeness (QED) is 0.545. The summed E-state index contributed by atoms with van der Waals surface area (Å²) < 4.78 is 0. The Balaban J connectivity index is 2.21. The second-order valence-electron chi connectivity index (χ2n) is 4.37. The van der Waals surface area contributed by atoms with E-state index in [0.29, 0.717) is 11.5 Å². The van der Waals surface area contributed by atoms with E-state index in [-0.39, 0.29) is 0 Å². The third kappa shape index (κ3) is 0.731. The molecule has 0 aromatic rings. The Bertz CT molecular complexity index is 140. The molecule has 2 aliphatic carbocycles. The minimum Gasteiger partial charge on any atom is -0.327 e. The van der Waals surface area contributed by atoms with Gasteiger partial charge in [0.05, 0.1) is 0 Å². The molecular weight excluding hydrogens is 122 g/mol. The highest BCUT2D eigenvalue weighted by Crippen LogP contribution is 2.49. The zero-order valence-electron chi connectivity index (χ0n) is 6.77. The van der Waals surface area contributed by atoms with Crippen molar-refractivity contribution in [2.24, 2.45) is 17.1 Å². The normalized spacial score (nSPS) is 53.4. The van der Waals surface area contributed by atoms with Crippen molar-refractivity contribution in [3.05, 3.63) is 0 Å². The average Bonchev–Trinajstić information content (AvgIpc) is 2.18. The van der Waals surface area contributed by atoms with Crippen molar-refractivity contribution < 1.29 is 0 Å². The Hall–Kier alpha value is -0.0400. The topological polar surface area (TPSA) is 26.0 Å². The first-order chi connectivity index (χ1) is 4.72. The smallest absolute Gasteiger partial charge is 0.0121 e. The minimum absolute atomic E-state index is 0.529. The third-order valence-corrected chi connectivity index (χ3v) is 3.72. The fraction of sp³-hybridized carbons (Fsp3) is 1.00. The lowest BCUT2D eigenvalue weighted by molar-refractivity contribution is 0.194. The third-order valence-electron chi connectivity index (χ3n) is 3.72. The summed E-state index contributed by atoms with van der Waals surface area (Å²) in [5.74, 6) is 0.874. The van der Waals surface area contributed by atoms with E-state index in [4.69, 9.17) is 5.73 Å². The van der Waals surface area contributed by atoms with Crippen LogP contribution in [-0.4, -0.2) is 6.04 Å². The molecular formula is C9H17N. The van der Waals surface area contributed by atoms with Gasteiger partial charge in [-0.1, -0.05) is 13.3 Å². The van der Waals surface area contributed by atoms with E-state index < -0.39 is 0 Å². The van der Waals surface area contributed by atoms with Crippen molar-refractivity contribution in [3.8, 4) is 0 Å². The van der Waals surface area contributed by atoms with Crippen LogP contribution < -0.4 is 5.73 Å². The molecule has 10 heavy (non-hydrogen) atoms. The summed E-state index contributed by atoms with van der Waals surface area (Å²) in [4.78, 5) is 0. The molecule has 3 atom stereocenters. The first-order valence-corrected chi connectivity index (χ1v) is 4.48. The first kappa shape index (κ1) is 6.66. The maximum Gasteiger partial charge on any atom is 0.0121 e. The summed E-state index contributed by atoms with van der Waals surface area (Å²) in [6, 6.07) is 0.529. The average molecular weight is 139 g/mol. The van der Waals surface area contributed by atoms with Gasteiger partial charge >= 0.3 is 0 Å². The molecule has 2 rings (SSSR count). The molecule has 1 heteroatoms. The molecule has 0 aliphatic heterocycles. The second kappa shape index (κ2) is 1.97. The molecule has 0 saturated heterocycles. The van der Waals surface area contributed by atoms with Gasteiger partial charge in [0.1, 0.15) is 0 Å². The molecule has 2 fully saturated rings. The van der Waals surface area contributed by atoms with Gasteiger partial charge in [-0.25, -0.2) is 0 Å². The Morgan fingerprint density at radius 3 is 2.70 bits per heavy atom. The van der Waals surface area contributed by atoms with E-state index in [1.54, 1.807) is 0 Å². The van der Waals surface area contributed by atoms with Gasteiger partial charge < -0.3 is 5.73 Å². The van der Waals surface area contributed by atoms with Crippen molar-refractivity contribution in [1.82, 2.24) is 0 Å². The first-order valence-electron chi connectivity index (χ1n) is 4.48. The van der Waals surface area contributed by atoms with Crippen LogP contribution in [0.5, 0.6) is 0 Å². The van der Waals surface area contributed by atoms with Crippen molar-refractivity contribution in [3.63, 3.8) is 0 Å². The number of hydrogen-bond acceptors (Lipinski definition) is 1. The SMILES string of the molecule is C[C@@]12CCC[C@@H](CC1)[C@@H]2N. The summed E-state index contributed by atoms with van der Waals surface area (Å²) in [5, 5.41) is 0. The zero-order valence-corrected chi connectivity index (χ0v) is 6.77. The van der Waals surface area contributed by atoms with Gasteiger partial charge in [-0.3, -0.25) is 0 Å². The van der Waals surface area contributed by atoms with Crippen LogP contribution in [0.25, 0.3) is 0 Å². The van der Waals surface area contributed by atoms with Gasteiger partial charge in [-0.2, -0.15) is 0 Å². The van der Waals surface area contributed by atoms with Crippen LogP contribution in [-0.2, 0) is 0 Å². The van der Waals surface area contributed by atoms with E-state index in [0.717, 1.165) is 5.92 Å². The maximum atomic E-state index is 6.12. The molecule has 0 unspecified atom stereocenters. The van der Waals surface area contributed by atoms with Crippen LogP contribution in [0.2, 0.25) is 0 Å². The summed E-state index contributed by atoms with van der Waals surface area (Å²) in [6.45, 7) is 2.37. The van der Waals surface area contributed by atoms with Crippen LogP contribution >= 0.6 is 0 Å². The number of fused-ring (bicyclic) bond motifs is 2. The predicted molar refractivity (Wildman–Crippen MR) is 42.7 cm³/mol. The highest BCUT2D eigenvalue weighted by Gasteiger charge is 2.45. The number of nitrogens with two attached hydrogens (primary N) is 1. The van der Waals surface area contributed by atoms with Crippen LogP contribution in [0.3, 0.4) is 0 Å². The lowest BCUT2D eigenvalue weighted by Crippen LogP contribution is -2.41. The van der Waals surface area contributed by atoms with Crippen molar-refractivity contribution >= 4 is 0 Å². The lowest BCUT2D eigenvalue weighted by atomic mass is 9.74. The Labute approximate surface area is 63.0 Å². The molecule has 1 nitrogen and oxygen atoms in total. The van der Waals surface area contributed by atoms with Gasteiger partial charge in [-0.05, 0) is 37.0 Å². The molecule has 2 aliphatic rings.